The zero-order valence-electron chi connectivity index (χ0n) is 20.9. The third kappa shape index (κ3) is 6.22. The molecule has 0 saturated carbocycles. The molecular weight excluding hydrogens is 439 g/mol. The van der Waals surface area contributed by atoms with E-state index in [1.807, 2.05) is 61.5 Å². The first-order valence-electron chi connectivity index (χ1n) is 12.7. The van der Waals surface area contributed by atoms with Crippen molar-refractivity contribution in [2.75, 3.05) is 44.2 Å². The lowest BCUT2D eigenvalue weighted by atomic mass is 9.78. The SMILES string of the molecule is CCCCOc1ccc([C@](C)(O)[C@@H](CN2CCN(c3ccccc3F)CC2)c2ccccc2)cc1. The number of anilines is 1. The molecule has 35 heavy (non-hydrogen) atoms. The van der Waals surface area contributed by atoms with Crippen LogP contribution in [0.2, 0.25) is 0 Å². The average molecular weight is 477 g/mol. The lowest BCUT2D eigenvalue weighted by Gasteiger charge is -2.41. The Bertz CT molecular complexity index is 1050. The Hall–Kier alpha value is -2.89. The molecule has 4 nitrogen and oxygen atoms in total. The fraction of sp³-hybridized carbons (Fsp3) is 0.400. The van der Waals surface area contributed by atoms with Crippen LogP contribution in [0.1, 0.15) is 43.7 Å². The molecule has 5 heteroatoms. The Morgan fingerprint density at radius 3 is 2.23 bits per heavy atom. The summed E-state index contributed by atoms with van der Waals surface area (Å²) in [6.45, 7) is 8.63. The van der Waals surface area contributed by atoms with Gasteiger partial charge in [-0.25, -0.2) is 4.39 Å². The summed E-state index contributed by atoms with van der Waals surface area (Å²) >= 11 is 0. The number of ether oxygens (including phenoxy) is 1. The predicted molar refractivity (Wildman–Crippen MR) is 141 cm³/mol. The maximum atomic E-state index is 14.3. The lowest BCUT2D eigenvalue weighted by Crippen LogP contribution is -2.49. The van der Waals surface area contributed by atoms with E-state index >= 15 is 0 Å². The number of hydrogen-bond donors (Lipinski definition) is 1. The normalized spacial score (nSPS) is 17.1. The van der Waals surface area contributed by atoms with Crippen LogP contribution in [0.5, 0.6) is 5.75 Å². The van der Waals surface area contributed by atoms with Crippen molar-refractivity contribution in [3.63, 3.8) is 0 Å². The molecule has 0 bridgehead atoms. The Morgan fingerprint density at radius 1 is 0.914 bits per heavy atom. The molecule has 0 aromatic heterocycles. The van der Waals surface area contributed by atoms with Gasteiger partial charge in [-0.05, 0) is 48.7 Å². The number of para-hydroxylation sites is 1. The highest BCUT2D eigenvalue weighted by atomic mass is 19.1. The largest absolute Gasteiger partial charge is 0.494 e. The van der Waals surface area contributed by atoms with E-state index in [4.69, 9.17) is 4.74 Å². The van der Waals surface area contributed by atoms with Gasteiger partial charge >= 0.3 is 0 Å². The van der Waals surface area contributed by atoms with Gasteiger partial charge in [0.05, 0.1) is 17.9 Å². The van der Waals surface area contributed by atoms with Gasteiger partial charge < -0.3 is 14.7 Å². The third-order valence-corrected chi connectivity index (χ3v) is 7.09. The van der Waals surface area contributed by atoms with Crippen molar-refractivity contribution in [1.82, 2.24) is 4.90 Å². The van der Waals surface area contributed by atoms with Crippen LogP contribution in [0.4, 0.5) is 10.1 Å². The molecule has 2 atom stereocenters. The molecular formula is C30H37FN2O2. The van der Waals surface area contributed by atoms with Gasteiger partial charge in [-0.1, -0.05) is 67.9 Å². The maximum Gasteiger partial charge on any atom is 0.146 e. The van der Waals surface area contributed by atoms with Gasteiger partial charge in [0, 0.05) is 38.6 Å². The summed E-state index contributed by atoms with van der Waals surface area (Å²) in [6.07, 6.45) is 2.12. The average Bonchev–Trinajstić information content (AvgIpc) is 2.89. The molecule has 1 fully saturated rings. The third-order valence-electron chi connectivity index (χ3n) is 7.09. The number of unbranched alkanes of at least 4 members (excludes halogenated alkanes) is 1. The first kappa shape index (κ1) is 25.2. The summed E-state index contributed by atoms with van der Waals surface area (Å²) in [7, 11) is 0. The molecule has 1 aliphatic heterocycles. The van der Waals surface area contributed by atoms with Gasteiger partial charge in [0.15, 0.2) is 0 Å². The van der Waals surface area contributed by atoms with E-state index in [0.29, 0.717) is 12.3 Å². The number of hydrogen-bond acceptors (Lipinski definition) is 4. The Balaban J connectivity index is 1.48. The number of aliphatic hydroxyl groups is 1. The van der Waals surface area contributed by atoms with E-state index in [9.17, 15) is 9.50 Å². The van der Waals surface area contributed by atoms with Crippen LogP contribution >= 0.6 is 0 Å². The van der Waals surface area contributed by atoms with Gasteiger partial charge in [-0.3, -0.25) is 4.90 Å². The Morgan fingerprint density at radius 2 is 1.57 bits per heavy atom. The number of rotatable bonds is 10. The van der Waals surface area contributed by atoms with E-state index in [-0.39, 0.29) is 11.7 Å². The second-order valence-corrected chi connectivity index (χ2v) is 9.58. The van der Waals surface area contributed by atoms with Crippen molar-refractivity contribution in [2.24, 2.45) is 0 Å². The Kier molecular flexibility index (Phi) is 8.42. The minimum absolute atomic E-state index is 0.115. The quantitative estimate of drug-likeness (QED) is 0.374. The minimum atomic E-state index is -1.06. The highest BCUT2D eigenvalue weighted by Crippen LogP contribution is 2.38. The van der Waals surface area contributed by atoms with Crippen molar-refractivity contribution < 1.29 is 14.2 Å². The molecule has 0 radical (unpaired) electrons. The summed E-state index contributed by atoms with van der Waals surface area (Å²) in [5, 5.41) is 11.9. The van der Waals surface area contributed by atoms with Gasteiger partial charge in [0.25, 0.3) is 0 Å². The standard InChI is InChI=1S/C30H37FN2O2/c1-3-4-22-35-26-16-14-25(15-17-26)30(2,34)27(24-10-6-5-7-11-24)23-32-18-20-33(21-19-32)29-13-9-8-12-28(29)31/h5-17,27,34H,3-4,18-23H2,1-2H3/t27-,30-/m0/s1. The van der Waals surface area contributed by atoms with E-state index in [1.165, 1.54) is 6.07 Å². The van der Waals surface area contributed by atoms with Gasteiger partial charge in [-0.15, -0.1) is 0 Å². The fourth-order valence-corrected chi connectivity index (χ4v) is 4.85. The van der Waals surface area contributed by atoms with Crippen LogP contribution in [0.15, 0.2) is 78.9 Å². The first-order valence-corrected chi connectivity index (χ1v) is 12.7. The second-order valence-electron chi connectivity index (χ2n) is 9.58. The molecule has 0 aliphatic carbocycles. The minimum Gasteiger partial charge on any atom is -0.494 e. The van der Waals surface area contributed by atoms with Crippen LogP contribution < -0.4 is 9.64 Å². The number of halogens is 1. The van der Waals surface area contributed by atoms with Crippen molar-refractivity contribution in [2.45, 2.75) is 38.2 Å². The number of benzene rings is 3. The summed E-state index contributed by atoms with van der Waals surface area (Å²) < 4.78 is 20.1. The van der Waals surface area contributed by atoms with Gasteiger partial charge in [-0.2, -0.15) is 0 Å². The summed E-state index contributed by atoms with van der Waals surface area (Å²) in [4.78, 5) is 4.49. The van der Waals surface area contributed by atoms with Crippen molar-refractivity contribution >= 4 is 5.69 Å². The second kappa shape index (κ2) is 11.7. The van der Waals surface area contributed by atoms with Crippen LogP contribution in [0, 0.1) is 5.82 Å². The zero-order valence-corrected chi connectivity index (χ0v) is 20.9. The highest BCUT2D eigenvalue weighted by Gasteiger charge is 2.36. The van der Waals surface area contributed by atoms with E-state index in [2.05, 4.69) is 28.9 Å². The molecule has 3 aromatic carbocycles. The molecule has 0 spiro atoms. The highest BCUT2D eigenvalue weighted by molar-refractivity contribution is 5.48. The van der Waals surface area contributed by atoms with Crippen LogP contribution in [-0.2, 0) is 5.60 Å². The molecule has 1 N–H and O–H groups in total. The van der Waals surface area contributed by atoms with E-state index in [0.717, 1.165) is 62.4 Å². The summed E-state index contributed by atoms with van der Waals surface area (Å²) in [5.74, 6) is 0.544. The summed E-state index contributed by atoms with van der Waals surface area (Å²) in [6, 6.07) is 25.1. The van der Waals surface area contributed by atoms with Crippen molar-refractivity contribution in [3.8, 4) is 5.75 Å². The van der Waals surface area contributed by atoms with E-state index < -0.39 is 5.60 Å². The fourth-order valence-electron chi connectivity index (χ4n) is 4.85. The van der Waals surface area contributed by atoms with Crippen molar-refractivity contribution in [1.29, 1.82) is 0 Å². The maximum absolute atomic E-state index is 14.3. The molecule has 1 saturated heterocycles. The van der Waals surface area contributed by atoms with Crippen LogP contribution in [0.25, 0.3) is 0 Å². The Labute approximate surface area is 209 Å². The topological polar surface area (TPSA) is 35.9 Å². The molecule has 0 amide bonds. The van der Waals surface area contributed by atoms with Gasteiger partial charge in [0.2, 0.25) is 0 Å². The van der Waals surface area contributed by atoms with Crippen LogP contribution in [0.3, 0.4) is 0 Å². The van der Waals surface area contributed by atoms with Crippen molar-refractivity contribution in [3.05, 3.63) is 95.8 Å². The molecule has 0 unspecified atom stereocenters. The van der Waals surface area contributed by atoms with Crippen LogP contribution in [-0.4, -0.2) is 49.3 Å². The number of nitrogens with zero attached hydrogens (tertiary/aromatic N) is 2. The monoisotopic (exact) mass is 476 g/mol. The van der Waals surface area contributed by atoms with Gasteiger partial charge in [0.1, 0.15) is 11.6 Å². The zero-order chi connectivity index (χ0) is 24.7. The lowest BCUT2D eigenvalue weighted by molar-refractivity contribution is 0.0121. The first-order chi connectivity index (χ1) is 17.0. The summed E-state index contributed by atoms with van der Waals surface area (Å²) in [5.41, 5.74) is 1.59. The van der Waals surface area contributed by atoms with E-state index in [1.54, 1.807) is 6.07 Å². The molecule has 186 valence electrons. The molecule has 4 rings (SSSR count). The smallest absolute Gasteiger partial charge is 0.146 e. The number of piperazine rings is 1. The molecule has 1 heterocycles. The predicted octanol–water partition coefficient (Wildman–Crippen LogP) is 5.82. The molecule has 1 aliphatic rings. The molecule has 3 aromatic rings.